The van der Waals surface area contributed by atoms with Crippen molar-refractivity contribution in [3.8, 4) is 6.07 Å². The normalized spacial score (nSPS) is 12.6. The number of hydrogen-bond acceptors (Lipinski definition) is 4. The minimum absolute atomic E-state index is 0.127. The second kappa shape index (κ2) is 9.38. The lowest BCUT2D eigenvalue weighted by Crippen LogP contribution is -2.25. The van der Waals surface area contributed by atoms with E-state index in [2.05, 4.69) is 18.4 Å². The maximum absolute atomic E-state index is 12.5. The zero-order chi connectivity index (χ0) is 21.7. The number of nitriles is 1. The number of benzene rings is 1. The van der Waals surface area contributed by atoms with E-state index >= 15 is 0 Å². The summed E-state index contributed by atoms with van der Waals surface area (Å²) in [6.45, 7) is 12.5. The third kappa shape index (κ3) is 5.45. The summed E-state index contributed by atoms with van der Waals surface area (Å²) in [5, 5.41) is 9.46. The van der Waals surface area contributed by atoms with Crippen LogP contribution in [0, 0.1) is 38.0 Å². The largest absolute Gasteiger partial charge is 0.450 e. The van der Waals surface area contributed by atoms with Gasteiger partial charge in [-0.05, 0) is 51.3 Å². The van der Waals surface area contributed by atoms with Crippen molar-refractivity contribution in [1.82, 2.24) is 4.57 Å². The van der Waals surface area contributed by atoms with Crippen LogP contribution in [0.5, 0.6) is 0 Å². The van der Waals surface area contributed by atoms with Crippen LogP contribution in [0.2, 0.25) is 0 Å². The van der Waals surface area contributed by atoms with Crippen molar-refractivity contribution in [2.24, 2.45) is 5.92 Å². The summed E-state index contributed by atoms with van der Waals surface area (Å²) in [5.41, 5.74) is 4.23. The molecule has 1 atom stereocenters. The number of ketones is 1. The summed E-state index contributed by atoms with van der Waals surface area (Å²) in [4.78, 5) is 25.0. The van der Waals surface area contributed by atoms with Gasteiger partial charge in [0.2, 0.25) is 5.78 Å². The van der Waals surface area contributed by atoms with Crippen LogP contribution in [-0.4, -0.2) is 22.4 Å². The van der Waals surface area contributed by atoms with E-state index in [0.717, 1.165) is 29.1 Å². The molecule has 0 saturated carbocycles. The van der Waals surface area contributed by atoms with Crippen LogP contribution in [0.15, 0.2) is 35.9 Å². The van der Waals surface area contributed by atoms with Gasteiger partial charge in [0.15, 0.2) is 6.10 Å². The first-order valence-electron chi connectivity index (χ1n) is 9.74. The highest BCUT2D eigenvalue weighted by Gasteiger charge is 2.22. The molecule has 0 saturated heterocycles. The Bertz CT molecular complexity index is 973. The lowest BCUT2D eigenvalue weighted by atomic mass is 10.1. The SMILES string of the molecule is Cc1ccc(C(=O)[C@H](C)OC(=O)/C(C#N)=C/c2cc(C)n(CC(C)C)c2C)cc1. The second-order valence-electron chi connectivity index (χ2n) is 7.78. The number of carbonyl (C=O) groups excluding carboxylic acids is 2. The number of rotatable bonds is 7. The Morgan fingerprint density at radius 3 is 2.31 bits per heavy atom. The van der Waals surface area contributed by atoms with Crippen molar-refractivity contribution >= 4 is 17.8 Å². The summed E-state index contributed by atoms with van der Waals surface area (Å²) in [6, 6.07) is 10.9. The minimum Gasteiger partial charge on any atom is -0.450 e. The van der Waals surface area contributed by atoms with E-state index in [1.54, 1.807) is 12.1 Å². The highest BCUT2D eigenvalue weighted by Crippen LogP contribution is 2.20. The molecule has 0 bridgehead atoms. The van der Waals surface area contributed by atoms with Crippen LogP contribution in [0.1, 0.15) is 53.6 Å². The fourth-order valence-electron chi connectivity index (χ4n) is 3.14. The van der Waals surface area contributed by atoms with E-state index in [4.69, 9.17) is 4.74 Å². The summed E-state index contributed by atoms with van der Waals surface area (Å²) < 4.78 is 7.44. The van der Waals surface area contributed by atoms with Gasteiger partial charge in [0.25, 0.3) is 0 Å². The van der Waals surface area contributed by atoms with Crippen molar-refractivity contribution in [1.29, 1.82) is 5.26 Å². The molecule has 0 spiro atoms. The third-order valence-corrected chi connectivity index (χ3v) is 4.79. The molecule has 0 aliphatic carbocycles. The quantitative estimate of drug-likeness (QED) is 0.294. The maximum atomic E-state index is 12.5. The van der Waals surface area contributed by atoms with Gasteiger partial charge in [-0.1, -0.05) is 43.7 Å². The number of esters is 1. The van der Waals surface area contributed by atoms with E-state index < -0.39 is 12.1 Å². The van der Waals surface area contributed by atoms with E-state index in [1.807, 2.05) is 45.0 Å². The fourth-order valence-corrected chi connectivity index (χ4v) is 3.14. The summed E-state index contributed by atoms with van der Waals surface area (Å²) in [5.74, 6) is -0.620. The highest BCUT2D eigenvalue weighted by atomic mass is 16.5. The van der Waals surface area contributed by atoms with Crippen molar-refractivity contribution in [3.05, 3.63) is 64.0 Å². The first kappa shape index (κ1) is 22.2. The molecule has 1 aromatic carbocycles. The van der Waals surface area contributed by atoms with Gasteiger partial charge in [0, 0.05) is 23.5 Å². The monoisotopic (exact) mass is 392 g/mol. The average Bonchev–Trinajstić information content (AvgIpc) is 2.92. The van der Waals surface area contributed by atoms with Crippen LogP contribution < -0.4 is 0 Å². The number of carbonyl (C=O) groups is 2. The molecule has 0 radical (unpaired) electrons. The maximum Gasteiger partial charge on any atom is 0.349 e. The molecule has 0 aliphatic heterocycles. The van der Waals surface area contributed by atoms with Crippen LogP contribution in [0.4, 0.5) is 0 Å². The van der Waals surface area contributed by atoms with Crippen LogP contribution in [-0.2, 0) is 16.1 Å². The molecule has 1 heterocycles. The smallest absolute Gasteiger partial charge is 0.349 e. The molecule has 152 valence electrons. The Labute approximate surface area is 172 Å². The van der Waals surface area contributed by atoms with E-state index in [9.17, 15) is 14.9 Å². The van der Waals surface area contributed by atoms with E-state index in [1.165, 1.54) is 13.0 Å². The number of hydrogen-bond donors (Lipinski definition) is 0. The Hall–Kier alpha value is -3.13. The molecule has 2 aromatic rings. The zero-order valence-corrected chi connectivity index (χ0v) is 17.9. The molecule has 29 heavy (non-hydrogen) atoms. The molecule has 5 heteroatoms. The summed E-state index contributed by atoms with van der Waals surface area (Å²) in [6.07, 6.45) is 0.556. The van der Waals surface area contributed by atoms with Crippen LogP contribution in [0.25, 0.3) is 6.08 Å². The van der Waals surface area contributed by atoms with Gasteiger partial charge >= 0.3 is 5.97 Å². The molecule has 1 aromatic heterocycles. The number of Topliss-reactive ketones (excluding diaryl/α,β-unsaturated/α-hetero) is 1. The van der Waals surface area contributed by atoms with Crippen LogP contribution >= 0.6 is 0 Å². The van der Waals surface area contributed by atoms with Crippen molar-refractivity contribution in [2.75, 3.05) is 0 Å². The standard InChI is InChI=1S/C24H28N2O3/c1-15(2)14-26-17(4)11-21(18(26)5)12-22(13-25)24(28)29-19(6)23(27)20-9-7-16(3)8-10-20/h7-12,15,19H,14H2,1-6H3/b22-12+/t19-/m0/s1. The molecule has 5 nitrogen and oxygen atoms in total. The van der Waals surface area contributed by atoms with E-state index in [0.29, 0.717) is 11.5 Å². The van der Waals surface area contributed by atoms with Crippen molar-refractivity contribution < 1.29 is 14.3 Å². The Balaban J connectivity index is 2.19. The molecule has 2 rings (SSSR count). The number of ether oxygens (including phenoxy) is 1. The first-order valence-corrected chi connectivity index (χ1v) is 9.74. The van der Waals surface area contributed by atoms with Crippen molar-refractivity contribution in [3.63, 3.8) is 0 Å². The van der Waals surface area contributed by atoms with Gasteiger partial charge in [0.05, 0.1) is 0 Å². The Morgan fingerprint density at radius 1 is 1.14 bits per heavy atom. The van der Waals surface area contributed by atoms with Gasteiger partial charge in [-0.2, -0.15) is 5.26 Å². The highest BCUT2D eigenvalue weighted by molar-refractivity contribution is 6.03. The minimum atomic E-state index is -0.977. The Morgan fingerprint density at radius 2 is 1.76 bits per heavy atom. The molecule has 0 fully saturated rings. The molecular formula is C24H28N2O3. The summed E-state index contributed by atoms with van der Waals surface area (Å²) in [7, 11) is 0. The van der Waals surface area contributed by atoms with Crippen molar-refractivity contribution in [2.45, 2.75) is 54.2 Å². The average molecular weight is 392 g/mol. The third-order valence-electron chi connectivity index (χ3n) is 4.79. The number of aromatic nitrogens is 1. The van der Waals surface area contributed by atoms with Gasteiger partial charge in [-0.25, -0.2) is 4.79 Å². The molecular weight excluding hydrogens is 364 g/mol. The first-order chi connectivity index (χ1) is 13.6. The fraction of sp³-hybridized carbons (Fsp3) is 0.375. The predicted octanol–water partition coefficient (Wildman–Crippen LogP) is 4.79. The van der Waals surface area contributed by atoms with Gasteiger partial charge < -0.3 is 9.30 Å². The van der Waals surface area contributed by atoms with Gasteiger partial charge in [0.1, 0.15) is 11.6 Å². The number of nitrogens with zero attached hydrogens (tertiary/aromatic N) is 2. The zero-order valence-electron chi connectivity index (χ0n) is 17.9. The molecule has 0 amide bonds. The Kier molecular flexibility index (Phi) is 7.17. The molecule has 0 unspecified atom stereocenters. The lowest BCUT2D eigenvalue weighted by molar-refractivity contribution is -0.141. The molecule has 0 N–H and O–H groups in total. The van der Waals surface area contributed by atoms with E-state index in [-0.39, 0.29) is 11.4 Å². The second-order valence-corrected chi connectivity index (χ2v) is 7.78. The lowest BCUT2D eigenvalue weighted by Gasteiger charge is -2.13. The number of aryl methyl sites for hydroxylation is 2. The van der Waals surface area contributed by atoms with Gasteiger partial charge in [-0.15, -0.1) is 0 Å². The van der Waals surface area contributed by atoms with Crippen LogP contribution in [0.3, 0.4) is 0 Å². The molecule has 0 aliphatic rings. The topological polar surface area (TPSA) is 72.1 Å². The predicted molar refractivity (Wildman–Crippen MR) is 113 cm³/mol. The van der Waals surface area contributed by atoms with Gasteiger partial charge in [-0.3, -0.25) is 4.79 Å². The summed E-state index contributed by atoms with van der Waals surface area (Å²) >= 11 is 0.